The summed E-state index contributed by atoms with van der Waals surface area (Å²) in [5, 5.41) is 0. The van der Waals surface area contributed by atoms with Gasteiger partial charge in [0, 0.05) is 25.1 Å². The standard InChI is InChI=1S/C10H19Cl2NO/c1-4-14-6-5-13(3)8-9(2)7-10(9,11)12/h4-8H2,1-3H3. The van der Waals surface area contributed by atoms with Crippen LogP contribution in [0.15, 0.2) is 0 Å². The minimum Gasteiger partial charge on any atom is -0.380 e. The summed E-state index contributed by atoms with van der Waals surface area (Å²) in [6.45, 7) is 7.57. The molecule has 0 amide bonds. The van der Waals surface area contributed by atoms with Crippen molar-refractivity contribution in [1.82, 2.24) is 4.90 Å². The van der Waals surface area contributed by atoms with Gasteiger partial charge < -0.3 is 9.64 Å². The van der Waals surface area contributed by atoms with E-state index in [-0.39, 0.29) is 5.41 Å². The first-order chi connectivity index (χ1) is 6.41. The topological polar surface area (TPSA) is 12.5 Å². The summed E-state index contributed by atoms with van der Waals surface area (Å²) in [5.74, 6) is 0. The maximum Gasteiger partial charge on any atom is 0.125 e. The third-order valence-electron chi connectivity index (χ3n) is 2.81. The molecule has 0 saturated heterocycles. The summed E-state index contributed by atoms with van der Waals surface area (Å²) in [7, 11) is 2.08. The van der Waals surface area contributed by atoms with Gasteiger partial charge in [0.05, 0.1) is 6.61 Å². The van der Waals surface area contributed by atoms with E-state index in [1.165, 1.54) is 0 Å². The Kier molecular flexibility index (Phi) is 4.10. The number of ether oxygens (including phenoxy) is 1. The van der Waals surface area contributed by atoms with E-state index in [1.54, 1.807) is 0 Å². The number of alkyl halides is 2. The van der Waals surface area contributed by atoms with Crippen molar-refractivity contribution in [2.75, 3.05) is 33.4 Å². The molecular weight excluding hydrogens is 221 g/mol. The number of likely N-dealkylation sites (N-methyl/N-ethyl adjacent to an activating group) is 1. The van der Waals surface area contributed by atoms with E-state index >= 15 is 0 Å². The molecule has 0 N–H and O–H groups in total. The lowest BCUT2D eigenvalue weighted by atomic mass is 10.1. The Morgan fingerprint density at radius 3 is 2.43 bits per heavy atom. The van der Waals surface area contributed by atoms with Gasteiger partial charge in [0.1, 0.15) is 4.33 Å². The predicted molar refractivity (Wildman–Crippen MR) is 61.2 cm³/mol. The van der Waals surface area contributed by atoms with E-state index in [1.807, 2.05) is 6.92 Å². The van der Waals surface area contributed by atoms with Crippen LogP contribution < -0.4 is 0 Å². The molecule has 0 aromatic rings. The fourth-order valence-electron chi connectivity index (χ4n) is 1.66. The van der Waals surface area contributed by atoms with Crippen LogP contribution in [-0.2, 0) is 4.74 Å². The van der Waals surface area contributed by atoms with Crippen LogP contribution in [0.2, 0.25) is 0 Å². The van der Waals surface area contributed by atoms with Crippen molar-refractivity contribution in [3.05, 3.63) is 0 Å². The molecule has 2 nitrogen and oxygen atoms in total. The average Bonchev–Trinajstić information content (AvgIpc) is 2.50. The molecule has 0 bridgehead atoms. The molecule has 1 atom stereocenters. The summed E-state index contributed by atoms with van der Waals surface area (Å²) in [6, 6.07) is 0. The highest BCUT2D eigenvalue weighted by Crippen LogP contribution is 2.63. The summed E-state index contributed by atoms with van der Waals surface area (Å²) in [5.41, 5.74) is 0.0665. The van der Waals surface area contributed by atoms with E-state index in [0.717, 1.165) is 32.7 Å². The van der Waals surface area contributed by atoms with Crippen molar-refractivity contribution in [2.24, 2.45) is 5.41 Å². The first-order valence-electron chi connectivity index (χ1n) is 5.05. The molecule has 0 radical (unpaired) electrons. The molecule has 0 aromatic heterocycles. The Bertz CT molecular complexity index is 199. The molecule has 1 rings (SSSR count). The third kappa shape index (κ3) is 2.99. The lowest BCUT2D eigenvalue weighted by molar-refractivity contribution is 0.116. The highest BCUT2D eigenvalue weighted by atomic mass is 35.5. The molecule has 1 saturated carbocycles. The summed E-state index contributed by atoms with van der Waals surface area (Å²) in [4.78, 5) is 2.22. The monoisotopic (exact) mass is 239 g/mol. The van der Waals surface area contributed by atoms with E-state index in [0.29, 0.717) is 0 Å². The predicted octanol–water partition coefficient (Wildman–Crippen LogP) is 2.54. The van der Waals surface area contributed by atoms with E-state index in [9.17, 15) is 0 Å². The van der Waals surface area contributed by atoms with Gasteiger partial charge in [0.15, 0.2) is 0 Å². The van der Waals surface area contributed by atoms with Gasteiger partial charge in [-0.15, -0.1) is 23.2 Å². The summed E-state index contributed by atoms with van der Waals surface area (Å²) in [6.07, 6.45) is 0.891. The molecule has 1 aliphatic rings. The van der Waals surface area contributed by atoms with Gasteiger partial charge in [-0.2, -0.15) is 0 Å². The summed E-state index contributed by atoms with van der Waals surface area (Å²) >= 11 is 12.1. The molecule has 0 spiro atoms. The van der Waals surface area contributed by atoms with E-state index in [2.05, 4.69) is 18.9 Å². The van der Waals surface area contributed by atoms with Gasteiger partial charge in [0.25, 0.3) is 0 Å². The quantitative estimate of drug-likeness (QED) is 0.522. The maximum atomic E-state index is 6.06. The SMILES string of the molecule is CCOCCN(C)CC1(C)CC1(Cl)Cl. The van der Waals surface area contributed by atoms with Gasteiger partial charge in [0.2, 0.25) is 0 Å². The zero-order valence-corrected chi connectivity index (χ0v) is 10.7. The largest absolute Gasteiger partial charge is 0.380 e. The minimum atomic E-state index is -0.507. The summed E-state index contributed by atoms with van der Waals surface area (Å²) < 4.78 is 4.78. The highest BCUT2D eigenvalue weighted by molar-refractivity contribution is 6.51. The highest BCUT2D eigenvalue weighted by Gasteiger charge is 2.62. The van der Waals surface area contributed by atoms with Crippen molar-refractivity contribution in [1.29, 1.82) is 0 Å². The molecular formula is C10H19Cl2NO. The number of rotatable bonds is 6. The fourth-order valence-corrected chi connectivity index (χ4v) is 2.37. The van der Waals surface area contributed by atoms with Crippen molar-refractivity contribution < 1.29 is 4.74 Å². The Balaban J connectivity index is 2.18. The molecule has 0 aliphatic heterocycles. The number of hydrogen-bond acceptors (Lipinski definition) is 2. The Labute approximate surface area is 96.5 Å². The van der Waals surface area contributed by atoms with Crippen molar-refractivity contribution in [2.45, 2.75) is 24.6 Å². The molecule has 0 heterocycles. The second-order valence-electron chi connectivity index (χ2n) is 4.38. The number of hydrogen-bond donors (Lipinski definition) is 0. The van der Waals surface area contributed by atoms with E-state index in [4.69, 9.17) is 27.9 Å². The zero-order chi connectivity index (χ0) is 10.8. The second-order valence-corrected chi connectivity index (χ2v) is 5.86. The first-order valence-corrected chi connectivity index (χ1v) is 5.81. The van der Waals surface area contributed by atoms with Crippen molar-refractivity contribution in [3.63, 3.8) is 0 Å². The Morgan fingerprint density at radius 1 is 1.43 bits per heavy atom. The van der Waals surface area contributed by atoms with Crippen LogP contribution in [0.3, 0.4) is 0 Å². The Hall–Kier alpha value is 0.500. The van der Waals surface area contributed by atoms with Crippen LogP contribution in [0.4, 0.5) is 0 Å². The van der Waals surface area contributed by atoms with Gasteiger partial charge in [-0.05, 0) is 20.4 Å². The zero-order valence-electron chi connectivity index (χ0n) is 9.15. The smallest absolute Gasteiger partial charge is 0.125 e. The molecule has 0 aromatic carbocycles. The van der Waals surface area contributed by atoms with Crippen molar-refractivity contribution in [3.8, 4) is 0 Å². The first kappa shape index (κ1) is 12.6. The average molecular weight is 240 g/mol. The maximum absolute atomic E-state index is 6.06. The van der Waals surface area contributed by atoms with E-state index < -0.39 is 4.33 Å². The van der Waals surface area contributed by atoms with Crippen LogP contribution in [0.1, 0.15) is 20.3 Å². The second kappa shape index (κ2) is 4.56. The fraction of sp³-hybridized carbons (Fsp3) is 1.00. The Morgan fingerprint density at radius 2 is 2.00 bits per heavy atom. The van der Waals surface area contributed by atoms with Gasteiger partial charge in [-0.25, -0.2) is 0 Å². The number of halogens is 2. The van der Waals surface area contributed by atoms with Crippen LogP contribution >= 0.6 is 23.2 Å². The van der Waals surface area contributed by atoms with Gasteiger partial charge in [-0.1, -0.05) is 6.92 Å². The lowest BCUT2D eigenvalue weighted by Crippen LogP contribution is -2.30. The molecule has 1 fully saturated rings. The number of nitrogens with zero attached hydrogens (tertiary/aromatic N) is 1. The van der Waals surface area contributed by atoms with Crippen LogP contribution in [0.25, 0.3) is 0 Å². The lowest BCUT2D eigenvalue weighted by Gasteiger charge is -2.21. The minimum absolute atomic E-state index is 0.0665. The van der Waals surface area contributed by atoms with Gasteiger partial charge >= 0.3 is 0 Å². The van der Waals surface area contributed by atoms with Gasteiger partial charge in [-0.3, -0.25) is 0 Å². The third-order valence-corrected chi connectivity index (χ3v) is 3.99. The molecule has 84 valence electrons. The normalized spacial score (nSPS) is 29.6. The van der Waals surface area contributed by atoms with Crippen LogP contribution in [0.5, 0.6) is 0 Å². The molecule has 1 aliphatic carbocycles. The molecule has 1 unspecified atom stereocenters. The van der Waals surface area contributed by atoms with Crippen LogP contribution in [0, 0.1) is 5.41 Å². The van der Waals surface area contributed by atoms with Crippen molar-refractivity contribution >= 4 is 23.2 Å². The molecule has 14 heavy (non-hydrogen) atoms. The molecule has 4 heteroatoms. The van der Waals surface area contributed by atoms with Crippen LogP contribution in [-0.4, -0.2) is 42.6 Å².